The lowest BCUT2D eigenvalue weighted by Crippen LogP contribution is -2.34. The zero-order chi connectivity index (χ0) is 22.7. The largest absolute Gasteiger partial charge is 0.382 e. The number of aromatic nitrogens is 1. The summed E-state index contributed by atoms with van der Waals surface area (Å²) < 4.78 is 0. The Bertz CT molecular complexity index is 1010. The van der Waals surface area contributed by atoms with E-state index in [0.717, 1.165) is 48.2 Å². The molecule has 1 heterocycles. The van der Waals surface area contributed by atoms with Crippen LogP contribution in [0.3, 0.4) is 0 Å². The third kappa shape index (κ3) is 5.69. The monoisotopic (exact) mass is 444 g/mol. The third-order valence-electron chi connectivity index (χ3n) is 6.44. The minimum absolute atomic E-state index is 0.160. The lowest BCUT2D eigenvalue weighted by Gasteiger charge is -2.32. The van der Waals surface area contributed by atoms with Crippen LogP contribution in [-0.4, -0.2) is 23.0 Å². The van der Waals surface area contributed by atoms with Gasteiger partial charge in [-0.15, -0.1) is 0 Å². The number of nitrogens with two attached hydrogens (primary N) is 1. The topological polar surface area (TPSA) is 100 Å². The van der Waals surface area contributed by atoms with Gasteiger partial charge in [-0.05, 0) is 88.6 Å². The number of amides is 1. The van der Waals surface area contributed by atoms with Crippen LogP contribution in [0.1, 0.15) is 65.3 Å². The van der Waals surface area contributed by atoms with E-state index in [-0.39, 0.29) is 24.1 Å². The van der Waals surface area contributed by atoms with Crippen LogP contribution < -0.4 is 21.9 Å². The van der Waals surface area contributed by atoms with Crippen molar-refractivity contribution in [3.8, 4) is 0 Å². The summed E-state index contributed by atoms with van der Waals surface area (Å²) in [7, 11) is 0. The molecule has 168 valence electrons. The van der Waals surface area contributed by atoms with Crippen molar-refractivity contribution in [2.24, 2.45) is 11.7 Å². The maximum Gasteiger partial charge on any atom is 0.253 e. The maximum absolute atomic E-state index is 12.9. The first-order chi connectivity index (χ1) is 14.7. The molecule has 1 atom stereocenters. The van der Waals surface area contributed by atoms with Crippen molar-refractivity contribution in [1.29, 1.82) is 0 Å². The molecular weight excluding hydrogens is 412 g/mol. The lowest BCUT2D eigenvalue weighted by atomic mass is 9.82. The highest BCUT2D eigenvalue weighted by Gasteiger charge is 2.24. The first kappa shape index (κ1) is 23.4. The van der Waals surface area contributed by atoms with Crippen LogP contribution in [0.25, 0.3) is 0 Å². The molecule has 1 fully saturated rings. The SMILES string of the molecule is Cc1cc(C)c(CNC(=O)c2cc(Cl)cc(NC(C)C3CCC(N)CC3)c2C)c(=O)[nH]1. The molecule has 1 aliphatic carbocycles. The minimum atomic E-state index is -0.251. The van der Waals surface area contributed by atoms with Crippen molar-refractivity contribution < 1.29 is 4.79 Å². The number of benzene rings is 1. The van der Waals surface area contributed by atoms with Crippen molar-refractivity contribution in [2.45, 2.75) is 72.0 Å². The fourth-order valence-electron chi connectivity index (χ4n) is 4.44. The van der Waals surface area contributed by atoms with E-state index in [1.54, 1.807) is 6.07 Å². The molecule has 2 aromatic rings. The van der Waals surface area contributed by atoms with E-state index in [2.05, 4.69) is 22.5 Å². The van der Waals surface area contributed by atoms with Gasteiger partial charge in [-0.25, -0.2) is 0 Å². The van der Waals surface area contributed by atoms with Crippen LogP contribution >= 0.6 is 11.6 Å². The second-order valence-corrected chi connectivity index (χ2v) is 9.30. The van der Waals surface area contributed by atoms with E-state index in [1.807, 2.05) is 32.9 Å². The van der Waals surface area contributed by atoms with Gasteiger partial charge in [-0.3, -0.25) is 9.59 Å². The van der Waals surface area contributed by atoms with Gasteiger partial charge in [-0.1, -0.05) is 11.6 Å². The Hall–Kier alpha value is -2.31. The third-order valence-corrected chi connectivity index (χ3v) is 6.66. The zero-order valence-corrected chi connectivity index (χ0v) is 19.5. The molecule has 5 N–H and O–H groups in total. The second-order valence-electron chi connectivity index (χ2n) is 8.86. The van der Waals surface area contributed by atoms with Crippen molar-refractivity contribution >= 4 is 23.2 Å². The minimum Gasteiger partial charge on any atom is -0.382 e. The van der Waals surface area contributed by atoms with Crippen LogP contribution in [-0.2, 0) is 6.54 Å². The van der Waals surface area contributed by atoms with E-state index in [1.165, 1.54) is 0 Å². The average molecular weight is 445 g/mol. The van der Waals surface area contributed by atoms with E-state index in [0.29, 0.717) is 28.1 Å². The number of carbonyl (C=O) groups is 1. The number of aryl methyl sites for hydroxylation is 2. The highest BCUT2D eigenvalue weighted by atomic mass is 35.5. The zero-order valence-electron chi connectivity index (χ0n) is 18.8. The van der Waals surface area contributed by atoms with Gasteiger partial charge in [0, 0.05) is 46.2 Å². The number of H-pyrrole nitrogens is 1. The van der Waals surface area contributed by atoms with Crippen LogP contribution in [0, 0.1) is 26.7 Å². The predicted octanol–water partition coefficient (Wildman–Crippen LogP) is 4.20. The van der Waals surface area contributed by atoms with Gasteiger partial charge in [0.25, 0.3) is 11.5 Å². The predicted molar refractivity (Wildman–Crippen MR) is 127 cm³/mol. The molecule has 0 bridgehead atoms. The quantitative estimate of drug-likeness (QED) is 0.536. The van der Waals surface area contributed by atoms with Crippen molar-refractivity contribution in [3.05, 3.63) is 61.5 Å². The fraction of sp³-hybridized carbons (Fsp3) is 0.500. The summed E-state index contributed by atoms with van der Waals surface area (Å²) >= 11 is 6.35. The van der Waals surface area contributed by atoms with Gasteiger partial charge in [0.05, 0.1) is 0 Å². The summed E-state index contributed by atoms with van der Waals surface area (Å²) in [6.45, 7) is 7.96. The molecule has 1 aromatic heterocycles. The van der Waals surface area contributed by atoms with Crippen molar-refractivity contribution in [2.75, 3.05) is 5.32 Å². The molecule has 0 saturated heterocycles. The van der Waals surface area contributed by atoms with Crippen molar-refractivity contribution in [1.82, 2.24) is 10.3 Å². The normalized spacial score (nSPS) is 19.7. The van der Waals surface area contributed by atoms with Gasteiger partial charge in [0.2, 0.25) is 0 Å². The van der Waals surface area contributed by atoms with Gasteiger partial charge < -0.3 is 21.4 Å². The summed E-state index contributed by atoms with van der Waals surface area (Å²) in [5, 5.41) is 6.94. The van der Waals surface area contributed by atoms with Gasteiger partial charge in [0.15, 0.2) is 0 Å². The molecule has 1 saturated carbocycles. The second kappa shape index (κ2) is 9.88. The molecule has 1 aromatic carbocycles. The van der Waals surface area contributed by atoms with Gasteiger partial charge in [-0.2, -0.15) is 0 Å². The van der Waals surface area contributed by atoms with Gasteiger partial charge in [0.1, 0.15) is 0 Å². The molecule has 1 unspecified atom stereocenters. The summed E-state index contributed by atoms with van der Waals surface area (Å²) in [5.74, 6) is 0.297. The Kier molecular flexibility index (Phi) is 7.44. The Morgan fingerprint density at radius 1 is 1.19 bits per heavy atom. The molecule has 0 spiro atoms. The fourth-order valence-corrected chi connectivity index (χ4v) is 4.66. The standard InChI is InChI=1S/C24H33ClN4O2/c1-13-9-14(2)28-24(31)21(13)12-27-23(30)20-10-18(25)11-22(15(20)3)29-16(4)17-5-7-19(26)8-6-17/h9-11,16-17,19,29H,5-8,12,26H2,1-4H3,(H,27,30)(H,28,31). The molecule has 6 nitrogen and oxygen atoms in total. The molecule has 7 heteroatoms. The maximum atomic E-state index is 12.9. The van der Waals surface area contributed by atoms with Crippen LogP contribution in [0.15, 0.2) is 23.0 Å². The van der Waals surface area contributed by atoms with E-state index < -0.39 is 0 Å². The number of rotatable bonds is 6. The number of aromatic amines is 1. The number of hydrogen-bond acceptors (Lipinski definition) is 4. The Labute approximate surface area is 189 Å². The molecule has 3 rings (SSSR count). The molecule has 1 amide bonds. The van der Waals surface area contributed by atoms with Crippen LogP contribution in [0.5, 0.6) is 0 Å². The number of halogens is 1. The van der Waals surface area contributed by atoms with Gasteiger partial charge >= 0.3 is 0 Å². The smallest absolute Gasteiger partial charge is 0.253 e. The number of nitrogens with one attached hydrogen (secondary N) is 3. The van der Waals surface area contributed by atoms with E-state index in [9.17, 15) is 9.59 Å². The van der Waals surface area contributed by atoms with E-state index in [4.69, 9.17) is 17.3 Å². The molecule has 0 aliphatic heterocycles. The highest BCUT2D eigenvalue weighted by molar-refractivity contribution is 6.31. The Morgan fingerprint density at radius 3 is 2.52 bits per heavy atom. The highest BCUT2D eigenvalue weighted by Crippen LogP contribution is 2.30. The number of hydrogen-bond donors (Lipinski definition) is 4. The summed E-state index contributed by atoms with van der Waals surface area (Å²) in [6, 6.07) is 6.02. The molecule has 1 aliphatic rings. The summed E-state index contributed by atoms with van der Waals surface area (Å²) in [5.41, 5.74) is 10.3. The average Bonchev–Trinajstić information content (AvgIpc) is 2.69. The summed E-state index contributed by atoms with van der Waals surface area (Å²) in [4.78, 5) is 27.9. The number of anilines is 1. The Morgan fingerprint density at radius 2 is 1.87 bits per heavy atom. The first-order valence-corrected chi connectivity index (χ1v) is 11.3. The molecule has 0 radical (unpaired) electrons. The summed E-state index contributed by atoms with van der Waals surface area (Å²) in [6.07, 6.45) is 4.31. The first-order valence-electron chi connectivity index (χ1n) is 11.0. The van der Waals surface area contributed by atoms with Crippen LogP contribution in [0.4, 0.5) is 5.69 Å². The number of pyridine rings is 1. The Balaban J connectivity index is 1.74. The molecular formula is C24H33ClN4O2. The van der Waals surface area contributed by atoms with E-state index >= 15 is 0 Å². The lowest BCUT2D eigenvalue weighted by molar-refractivity contribution is 0.0950. The molecule has 31 heavy (non-hydrogen) atoms. The van der Waals surface area contributed by atoms with Crippen molar-refractivity contribution in [3.63, 3.8) is 0 Å². The van der Waals surface area contributed by atoms with Crippen LogP contribution in [0.2, 0.25) is 5.02 Å². The number of carbonyl (C=O) groups excluding carboxylic acids is 1.